The summed E-state index contributed by atoms with van der Waals surface area (Å²) < 4.78 is 40.6. The molecule has 2 heterocycles. The van der Waals surface area contributed by atoms with E-state index in [2.05, 4.69) is 0 Å². The first-order valence-corrected chi connectivity index (χ1v) is 11.3. The minimum Gasteiger partial charge on any atom is -0.465 e. The van der Waals surface area contributed by atoms with E-state index < -0.39 is 8.80 Å². The molecule has 2 unspecified atom stereocenters. The van der Waals surface area contributed by atoms with Crippen molar-refractivity contribution in [3.05, 3.63) is 18.2 Å². The van der Waals surface area contributed by atoms with Gasteiger partial charge < -0.3 is 32.2 Å². The van der Waals surface area contributed by atoms with E-state index in [0.717, 1.165) is 50.3 Å². The van der Waals surface area contributed by atoms with Gasteiger partial charge in [-0.3, -0.25) is 0 Å². The highest BCUT2D eigenvalue weighted by Gasteiger charge is 2.44. The maximum absolute atomic E-state index is 6.13. The van der Waals surface area contributed by atoms with E-state index in [0.29, 0.717) is 18.1 Å². The summed E-state index contributed by atoms with van der Waals surface area (Å²) >= 11 is 0. The number of hydrogen-bond donors (Lipinski definition) is 0. The second kappa shape index (κ2) is 9.86. The largest absolute Gasteiger partial charge is 0.540 e. The highest BCUT2D eigenvalue weighted by molar-refractivity contribution is 6.76. The monoisotopic (exact) mass is 398 g/mol. The summed E-state index contributed by atoms with van der Waals surface area (Å²) in [6, 6.07) is 5.61. The van der Waals surface area contributed by atoms with Gasteiger partial charge in [0.25, 0.3) is 0 Å². The summed E-state index contributed by atoms with van der Waals surface area (Å²) in [6.07, 6.45) is 5.55. The van der Waals surface area contributed by atoms with Crippen LogP contribution in [-0.4, -0.2) is 55.9 Å². The van der Waals surface area contributed by atoms with Gasteiger partial charge in [0.15, 0.2) is 12.6 Å². The lowest BCUT2D eigenvalue weighted by Crippen LogP contribution is -2.55. The van der Waals surface area contributed by atoms with Gasteiger partial charge in [-0.2, -0.15) is 0 Å². The van der Waals surface area contributed by atoms with Crippen LogP contribution >= 0.6 is 0 Å². The smallest absolute Gasteiger partial charge is 0.465 e. The Kier molecular flexibility index (Phi) is 7.51. The van der Waals surface area contributed by atoms with Crippen molar-refractivity contribution in [1.82, 2.24) is 0 Å². The molecule has 0 N–H and O–H groups in total. The molecule has 27 heavy (non-hydrogen) atoms. The van der Waals surface area contributed by atoms with Crippen molar-refractivity contribution < 1.29 is 32.2 Å². The maximum atomic E-state index is 6.13. The van der Waals surface area contributed by atoms with E-state index in [1.807, 2.05) is 18.2 Å². The highest BCUT2D eigenvalue weighted by Crippen LogP contribution is 2.26. The van der Waals surface area contributed by atoms with Gasteiger partial charge in [0, 0.05) is 34.2 Å². The van der Waals surface area contributed by atoms with Gasteiger partial charge in [-0.05, 0) is 43.9 Å². The SMILES string of the molecule is CO[Si](OC)(OC)c1cc(OC2CCCCO2)ccc1OC1CCCCO1. The van der Waals surface area contributed by atoms with Crippen molar-refractivity contribution in [2.24, 2.45) is 0 Å². The topological polar surface area (TPSA) is 64.6 Å². The molecule has 2 fully saturated rings. The molecule has 2 atom stereocenters. The predicted molar refractivity (Wildman–Crippen MR) is 101 cm³/mol. The summed E-state index contributed by atoms with van der Waals surface area (Å²) in [4.78, 5) is 0. The quantitative estimate of drug-likeness (QED) is 0.624. The molecule has 0 amide bonds. The molecule has 2 aliphatic heterocycles. The summed E-state index contributed by atoms with van der Waals surface area (Å²) in [5.74, 6) is 1.31. The molecule has 7 nitrogen and oxygen atoms in total. The molecule has 2 aliphatic rings. The van der Waals surface area contributed by atoms with Gasteiger partial charge in [-0.15, -0.1) is 0 Å². The van der Waals surface area contributed by atoms with Crippen LogP contribution < -0.4 is 14.7 Å². The van der Waals surface area contributed by atoms with Gasteiger partial charge >= 0.3 is 8.80 Å². The Balaban J connectivity index is 1.86. The summed E-state index contributed by atoms with van der Waals surface area (Å²) in [6.45, 7) is 1.44. The Morgan fingerprint density at radius 1 is 0.815 bits per heavy atom. The fourth-order valence-electron chi connectivity index (χ4n) is 3.41. The summed E-state index contributed by atoms with van der Waals surface area (Å²) in [7, 11) is 1.62. The number of rotatable bonds is 8. The molecule has 1 aromatic rings. The van der Waals surface area contributed by atoms with Crippen molar-refractivity contribution >= 4 is 14.0 Å². The molecular formula is C19H30O7Si. The molecule has 2 saturated heterocycles. The molecule has 0 aromatic heterocycles. The molecule has 1 aromatic carbocycles. The summed E-state index contributed by atoms with van der Waals surface area (Å²) in [5.41, 5.74) is 0. The van der Waals surface area contributed by atoms with Crippen molar-refractivity contribution in [3.63, 3.8) is 0 Å². The Labute approximate surface area is 162 Å². The van der Waals surface area contributed by atoms with Crippen molar-refractivity contribution in [1.29, 1.82) is 0 Å². The average Bonchev–Trinajstić information content (AvgIpc) is 2.73. The van der Waals surface area contributed by atoms with Crippen molar-refractivity contribution in [2.75, 3.05) is 34.5 Å². The average molecular weight is 399 g/mol. The maximum Gasteiger partial charge on any atom is 0.540 e. The van der Waals surface area contributed by atoms with Gasteiger partial charge in [-0.1, -0.05) is 0 Å². The van der Waals surface area contributed by atoms with E-state index in [1.54, 1.807) is 21.3 Å². The van der Waals surface area contributed by atoms with E-state index in [4.69, 9.17) is 32.2 Å². The van der Waals surface area contributed by atoms with Gasteiger partial charge in [0.05, 0.1) is 18.4 Å². The van der Waals surface area contributed by atoms with Crippen molar-refractivity contribution in [2.45, 2.75) is 51.1 Å². The van der Waals surface area contributed by atoms with Crippen LogP contribution in [0.4, 0.5) is 0 Å². The van der Waals surface area contributed by atoms with Crippen LogP contribution in [0.2, 0.25) is 0 Å². The minimum absolute atomic E-state index is 0.233. The van der Waals surface area contributed by atoms with Crippen LogP contribution in [0.25, 0.3) is 0 Å². The van der Waals surface area contributed by atoms with Crippen LogP contribution in [-0.2, 0) is 22.8 Å². The Hall–Kier alpha value is -1.16. The standard InChI is InChI=1S/C19H30O7Si/c1-20-27(21-2,22-3)17-14-15(25-18-8-4-6-12-23-18)10-11-16(17)26-19-9-5-7-13-24-19/h10-11,14,18-19H,4-9,12-13H2,1-3H3. The second-order valence-corrected chi connectivity index (χ2v) is 9.53. The fraction of sp³-hybridized carbons (Fsp3) is 0.684. The predicted octanol–water partition coefficient (Wildman–Crippen LogP) is 2.58. The normalized spacial score (nSPS) is 23.8. The van der Waals surface area contributed by atoms with Crippen LogP contribution in [0.3, 0.4) is 0 Å². The number of benzene rings is 1. The van der Waals surface area contributed by atoms with Crippen LogP contribution in [0.15, 0.2) is 18.2 Å². The molecule has 0 spiro atoms. The van der Waals surface area contributed by atoms with E-state index >= 15 is 0 Å². The lowest BCUT2D eigenvalue weighted by atomic mass is 10.2. The minimum atomic E-state index is -3.12. The molecule has 0 bridgehead atoms. The third kappa shape index (κ3) is 5.01. The lowest BCUT2D eigenvalue weighted by molar-refractivity contribution is -0.107. The van der Waals surface area contributed by atoms with Crippen LogP contribution in [0, 0.1) is 0 Å². The zero-order valence-electron chi connectivity index (χ0n) is 16.4. The van der Waals surface area contributed by atoms with Crippen LogP contribution in [0.1, 0.15) is 38.5 Å². The van der Waals surface area contributed by atoms with E-state index in [9.17, 15) is 0 Å². The second-order valence-electron chi connectivity index (χ2n) is 6.65. The van der Waals surface area contributed by atoms with E-state index in [1.165, 1.54) is 0 Å². The molecular weight excluding hydrogens is 368 g/mol. The number of hydrogen-bond acceptors (Lipinski definition) is 7. The van der Waals surface area contributed by atoms with Gasteiger partial charge in [-0.25, -0.2) is 0 Å². The Bertz CT molecular complexity index is 573. The molecule has 3 rings (SSSR count). The van der Waals surface area contributed by atoms with Crippen LogP contribution in [0.5, 0.6) is 11.5 Å². The van der Waals surface area contributed by atoms with E-state index in [-0.39, 0.29) is 12.6 Å². The van der Waals surface area contributed by atoms with Gasteiger partial charge in [0.2, 0.25) is 0 Å². The third-order valence-electron chi connectivity index (χ3n) is 4.89. The summed E-state index contributed by atoms with van der Waals surface area (Å²) in [5, 5.41) is 0.720. The zero-order chi connectivity index (χ0) is 19.1. The molecule has 0 aliphatic carbocycles. The first kappa shape index (κ1) is 20.6. The molecule has 8 heteroatoms. The first-order chi connectivity index (χ1) is 13.2. The zero-order valence-corrected chi connectivity index (χ0v) is 17.4. The highest BCUT2D eigenvalue weighted by atomic mass is 28.4. The first-order valence-electron chi connectivity index (χ1n) is 9.57. The third-order valence-corrected chi connectivity index (χ3v) is 7.55. The lowest BCUT2D eigenvalue weighted by Gasteiger charge is -2.30. The Morgan fingerprint density at radius 3 is 1.93 bits per heavy atom. The molecule has 152 valence electrons. The number of ether oxygens (including phenoxy) is 4. The Morgan fingerprint density at radius 2 is 1.41 bits per heavy atom. The molecule has 0 saturated carbocycles. The fourth-order valence-corrected chi connectivity index (χ4v) is 5.33. The van der Waals surface area contributed by atoms with Gasteiger partial charge in [0.1, 0.15) is 11.5 Å². The molecule has 0 radical (unpaired) electrons. The van der Waals surface area contributed by atoms with Crippen molar-refractivity contribution in [3.8, 4) is 11.5 Å².